The van der Waals surface area contributed by atoms with E-state index in [9.17, 15) is 9.59 Å². The molecule has 8 heteroatoms. The summed E-state index contributed by atoms with van der Waals surface area (Å²) in [7, 11) is 1.55. The molecule has 4 aromatic rings. The molecule has 0 spiro atoms. The third-order valence-electron chi connectivity index (χ3n) is 5.19. The van der Waals surface area contributed by atoms with Gasteiger partial charge < -0.3 is 18.3 Å². The molecule has 0 fully saturated rings. The number of rotatable bonds is 7. The van der Waals surface area contributed by atoms with E-state index < -0.39 is 17.7 Å². The van der Waals surface area contributed by atoms with Crippen molar-refractivity contribution in [2.24, 2.45) is 0 Å². The Kier molecular flexibility index (Phi) is 6.02. The zero-order valence-electron chi connectivity index (χ0n) is 18.0. The molecule has 2 heterocycles. The Morgan fingerprint density at radius 2 is 1.88 bits per heavy atom. The number of ether oxygens (including phenoxy) is 2. The van der Waals surface area contributed by atoms with Gasteiger partial charge in [-0.05, 0) is 50.1 Å². The van der Waals surface area contributed by atoms with Crippen molar-refractivity contribution in [3.05, 3.63) is 76.0 Å². The van der Waals surface area contributed by atoms with Crippen molar-refractivity contribution in [2.75, 3.05) is 7.11 Å². The molecule has 0 unspecified atom stereocenters. The molecule has 0 aliphatic rings. The number of hydrogen-bond acceptors (Lipinski definition) is 8. The van der Waals surface area contributed by atoms with Crippen LogP contribution in [-0.2, 0) is 16.0 Å². The molecule has 0 N–H and O–H groups in total. The lowest BCUT2D eigenvalue weighted by Crippen LogP contribution is -2.15. The van der Waals surface area contributed by atoms with Crippen LogP contribution in [0.15, 0.2) is 62.2 Å². The van der Waals surface area contributed by atoms with Gasteiger partial charge in [-0.25, -0.2) is 4.79 Å². The Hall–Kier alpha value is -3.94. The standard InChI is InChI=1S/C24H22N2O6/c1-14-18-10-9-17(29-3)13-20(18)31-24(28)19(14)11-12-21(27)30-15(2)22-25-26-23(32-22)16-7-5-4-6-8-16/h4-10,13,15H,11-12H2,1-3H3/t15-/m0/s1. The molecule has 0 amide bonds. The topological polar surface area (TPSA) is 105 Å². The summed E-state index contributed by atoms with van der Waals surface area (Å²) >= 11 is 0. The van der Waals surface area contributed by atoms with Crippen LogP contribution in [0.5, 0.6) is 5.75 Å². The first kappa shape index (κ1) is 21.3. The zero-order chi connectivity index (χ0) is 22.7. The number of aryl methyl sites for hydroxylation is 1. The smallest absolute Gasteiger partial charge is 0.339 e. The van der Waals surface area contributed by atoms with Gasteiger partial charge in [0.15, 0.2) is 6.10 Å². The van der Waals surface area contributed by atoms with Crippen molar-refractivity contribution in [1.29, 1.82) is 0 Å². The Morgan fingerprint density at radius 1 is 1.09 bits per heavy atom. The van der Waals surface area contributed by atoms with Crippen molar-refractivity contribution in [1.82, 2.24) is 10.2 Å². The van der Waals surface area contributed by atoms with Crippen LogP contribution in [0.1, 0.15) is 36.5 Å². The first-order chi connectivity index (χ1) is 15.5. The third-order valence-corrected chi connectivity index (χ3v) is 5.19. The van der Waals surface area contributed by atoms with E-state index in [4.69, 9.17) is 18.3 Å². The maximum absolute atomic E-state index is 12.5. The second kappa shape index (κ2) is 9.05. The summed E-state index contributed by atoms with van der Waals surface area (Å²) < 4.78 is 21.6. The van der Waals surface area contributed by atoms with Gasteiger partial charge in [0.2, 0.25) is 5.89 Å². The average Bonchev–Trinajstić information content (AvgIpc) is 3.29. The SMILES string of the molecule is COc1ccc2c(C)c(CCC(=O)O[C@@H](C)c3nnc(-c4ccccc4)o3)c(=O)oc2c1. The molecule has 0 aliphatic carbocycles. The number of esters is 1. The third kappa shape index (κ3) is 4.39. The second-order valence-corrected chi connectivity index (χ2v) is 7.30. The Morgan fingerprint density at radius 3 is 2.62 bits per heavy atom. The largest absolute Gasteiger partial charge is 0.497 e. The van der Waals surface area contributed by atoms with Gasteiger partial charge in [0, 0.05) is 29.0 Å². The molecule has 0 radical (unpaired) electrons. The van der Waals surface area contributed by atoms with Gasteiger partial charge in [-0.1, -0.05) is 18.2 Å². The highest BCUT2D eigenvalue weighted by molar-refractivity contribution is 5.82. The molecule has 32 heavy (non-hydrogen) atoms. The van der Waals surface area contributed by atoms with Crippen molar-refractivity contribution in [2.45, 2.75) is 32.8 Å². The molecule has 4 rings (SSSR count). The molecule has 0 aliphatic heterocycles. The number of hydrogen-bond donors (Lipinski definition) is 0. The molecular weight excluding hydrogens is 412 g/mol. The first-order valence-electron chi connectivity index (χ1n) is 10.1. The van der Waals surface area contributed by atoms with E-state index in [1.165, 1.54) is 0 Å². The van der Waals surface area contributed by atoms with Crippen molar-refractivity contribution in [3.63, 3.8) is 0 Å². The fourth-order valence-electron chi connectivity index (χ4n) is 3.42. The average molecular weight is 434 g/mol. The zero-order valence-corrected chi connectivity index (χ0v) is 18.0. The fourth-order valence-corrected chi connectivity index (χ4v) is 3.42. The Labute approximate surface area is 183 Å². The van der Waals surface area contributed by atoms with E-state index in [1.807, 2.05) is 43.3 Å². The van der Waals surface area contributed by atoms with Gasteiger partial charge in [-0.3, -0.25) is 4.79 Å². The van der Waals surface area contributed by atoms with Crippen LogP contribution in [0.25, 0.3) is 22.4 Å². The molecule has 164 valence electrons. The number of carbonyl (C=O) groups is 1. The number of aromatic nitrogens is 2. The van der Waals surface area contributed by atoms with Crippen molar-refractivity contribution < 1.29 is 23.1 Å². The minimum absolute atomic E-state index is 0.0112. The quantitative estimate of drug-likeness (QED) is 0.311. The van der Waals surface area contributed by atoms with Crippen molar-refractivity contribution in [3.8, 4) is 17.2 Å². The lowest BCUT2D eigenvalue weighted by Gasteiger charge is -2.11. The van der Waals surface area contributed by atoms with Gasteiger partial charge in [-0.15, -0.1) is 10.2 Å². The minimum Gasteiger partial charge on any atom is -0.497 e. The lowest BCUT2D eigenvalue weighted by molar-refractivity contribution is -0.149. The Bertz CT molecular complexity index is 1310. The van der Waals surface area contributed by atoms with E-state index in [2.05, 4.69) is 10.2 Å². The highest BCUT2D eigenvalue weighted by Crippen LogP contribution is 2.25. The maximum atomic E-state index is 12.5. The van der Waals surface area contributed by atoms with Crippen LogP contribution >= 0.6 is 0 Å². The van der Waals surface area contributed by atoms with Gasteiger partial charge in [0.05, 0.1) is 7.11 Å². The number of nitrogens with zero attached hydrogens (tertiary/aromatic N) is 2. The van der Waals surface area contributed by atoms with Gasteiger partial charge >= 0.3 is 11.6 Å². The molecular formula is C24H22N2O6. The predicted molar refractivity (Wildman–Crippen MR) is 116 cm³/mol. The number of fused-ring (bicyclic) bond motifs is 1. The Balaban J connectivity index is 1.42. The van der Waals surface area contributed by atoms with Crippen LogP contribution in [0, 0.1) is 6.92 Å². The molecule has 0 bridgehead atoms. The number of methoxy groups -OCH3 is 1. The van der Waals surface area contributed by atoms with Crippen LogP contribution in [0.2, 0.25) is 0 Å². The molecule has 8 nitrogen and oxygen atoms in total. The predicted octanol–water partition coefficient (Wildman–Crippen LogP) is 4.40. The van der Waals surface area contributed by atoms with Crippen LogP contribution in [-0.4, -0.2) is 23.3 Å². The summed E-state index contributed by atoms with van der Waals surface area (Å²) in [6, 6.07) is 14.6. The second-order valence-electron chi connectivity index (χ2n) is 7.30. The van der Waals surface area contributed by atoms with Crippen molar-refractivity contribution >= 4 is 16.9 Å². The highest BCUT2D eigenvalue weighted by atomic mass is 16.6. The molecule has 2 aromatic heterocycles. The van der Waals surface area contributed by atoms with Crippen LogP contribution in [0.3, 0.4) is 0 Å². The van der Waals surface area contributed by atoms with Crippen LogP contribution in [0.4, 0.5) is 0 Å². The van der Waals surface area contributed by atoms with E-state index >= 15 is 0 Å². The summed E-state index contributed by atoms with van der Waals surface area (Å²) in [4.78, 5) is 24.8. The minimum atomic E-state index is -0.714. The first-order valence-corrected chi connectivity index (χ1v) is 10.1. The van der Waals surface area contributed by atoms with E-state index in [0.29, 0.717) is 22.8 Å². The normalized spacial score (nSPS) is 12.0. The van der Waals surface area contributed by atoms with Gasteiger partial charge in [0.25, 0.3) is 5.89 Å². The number of benzene rings is 2. The molecule has 2 aromatic carbocycles. The van der Waals surface area contributed by atoms with E-state index in [0.717, 1.165) is 16.5 Å². The lowest BCUT2D eigenvalue weighted by atomic mass is 10.0. The molecule has 0 saturated carbocycles. The summed E-state index contributed by atoms with van der Waals surface area (Å²) in [6.07, 6.45) is -0.507. The van der Waals surface area contributed by atoms with Gasteiger partial charge in [-0.2, -0.15) is 0 Å². The van der Waals surface area contributed by atoms with Crippen LogP contribution < -0.4 is 10.4 Å². The highest BCUT2D eigenvalue weighted by Gasteiger charge is 2.20. The number of carbonyl (C=O) groups excluding carboxylic acids is 1. The van der Waals surface area contributed by atoms with E-state index in [1.54, 1.807) is 26.2 Å². The van der Waals surface area contributed by atoms with E-state index in [-0.39, 0.29) is 18.7 Å². The summed E-state index contributed by atoms with van der Waals surface area (Å²) in [5.74, 6) is 0.671. The summed E-state index contributed by atoms with van der Waals surface area (Å²) in [5, 5.41) is 8.77. The molecule has 1 atom stereocenters. The monoisotopic (exact) mass is 434 g/mol. The molecule has 0 saturated heterocycles. The summed E-state index contributed by atoms with van der Waals surface area (Å²) in [6.45, 7) is 3.49. The van der Waals surface area contributed by atoms with Gasteiger partial charge in [0.1, 0.15) is 11.3 Å². The fraction of sp³-hybridized carbons (Fsp3) is 0.250. The maximum Gasteiger partial charge on any atom is 0.339 e. The summed E-state index contributed by atoms with van der Waals surface area (Å²) in [5.41, 5.74) is 1.95.